The number of nitrogens with zero attached hydrogens (tertiary/aromatic N) is 1. The molecule has 1 fully saturated rings. The monoisotopic (exact) mass is 355 g/mol. The Bertz CT molecular complexity index is 639. The van der Waals surface area contributed by atoms with Crippen LogP contribution in [0.15, 0.2) is 36.2 Å². The summed E-state index contributed by atoms with van der Waals surface area (Å²) in [5.74, 6) is -3.37. The molecule has 2 heterocycles. The lowest BCUT2D eigenvalue weighted by Gasteiger charge is -2.28. The molecule has 4 atom stereocenters. The Kier molecular flexibility index (Phi) is 5.91. The third-order valence-electron chi connectivity index (χ3n) is 3.58. The molecule has 0 saturated carbocycles. The highest BCUT2D eigenvalue weighted by molar-refractivity contribution is 5.90. The van der Waals surface area contributed by atoms with Crippen molar-refractivity contribution in [2.45, 2.75) is 31.0 Å². The number of aliphatic hydroxyl groups is 2. The van der Waals surface area contributed by atoms with Crippen molar-refractivity contribution >= 4 is 17.9 Å². The average Bonchev–Trinajstić information content (AvgIpc) is 2.86. The highest BCUT2D eigenvalue weighted by Crippen LogP contribution is 2.27. The van der Waals surface area contributed by atoms with Crippen LogP contribution in [0.1, 0.15) is 6.42 Å². The van der Waals surface area contributed by atoms with Gasteiger partial charge in [0.15, 0.2) is 6.23 Å². The number of rotatable bonds is 6. The Balaban J connectivity index is 1.97. The van der Waals surface area contributed by atoms with Gasteiger partial charge in [-0.3, -0.25) is 0 Å². The van der Waals surface area contributed by atoms with Crippen molar-refractivity contribution in [1.29, 1.82) is 0 Å². The van der Waals surface area contributed by atoms with E-state index in [-0.39, 0.29) is 12.0 Å². The van der Waals surface area contributed by atoms with Crippen LogP contribution in [-0.4, -0.2) is 74.4 Å². The van der Waals surface area contributed by atoms with E-state index in [1.54, 1.807) is 6.08 Å². The molecule has 0 unspecified atom stereocenters. The van der Waals surface area contributed by atoms with Crippen molar-refractivity contribution in [2.75, 3.05) is 6.61 Å². The predicted octanol–water partition coefficient (Wildman–Crippen LogP) is -1.19. The summed E-state index contributed by atoms with van der Waals surface area (Å²) in [7, 11) is 0. The zero-order valence-electron chi connectivity index (χ0n) is 12.9. The van der Waals surface area contributed by atoms with Crippen molar-refractivity contribution < 1.29 is 44.3 Å². The van der Waals surface area contributed by atoms with Crippen molar-refractivity contribution in [3.05, 3.63) is 36.2 Å². The summed E-state index contributed by atoms with van der Waals surface area (Å²) in [6.45, 7) is -0.412. The second kappa shape index (κ2) is 7.92. The summed E-state index contributed by atoms with van der Waals surface area (Å²) in [6, 6.07) is 0. The molecule has 2 aliphatic rings. The van der Waals surface area contributed by atoms with Gasteiger partial charge in [-0.05, 0) is 0 Å². The van der Waals surface area contributed by atoms with Crippen molar-refractivity contribution in [3.63, 3.8) is 0 Å². The molecule has 10 nitrogen and oxygen atoms in total. The van der Waals surface area contributed by atoms with Gasteiger partial charge in [0, 0.05) is 31.0 Å². The molecule has 0 bridgehead atoms. The van der Waals surface area contributed by atoms with Gasteiger partial charge in [-0.15, -0.1) is 0 Å². The summed E-state index contributed by atoms with van der Waals surface area (Å²) in [6.07, 6.45) is 1.02. The van der Waals surface area contributed by atoms with Crippen LogP contribution in [-0.2, 0) is 23.9 Å². The molecule has 2 aliphatic heterocycles. The largest absolute Gasteiger partial charge is 0.478 e. The van der Waals surface area contributed by atoms with Crippen LogP contribution in [0, 0.1) is 0 Å². The smallest absolute Gasteiger partial charge is 0.333 e. The SMILES string of the molecule is O=C(O)/C=C/C(=O)OC[C@H]1O[C@@H](N2C=CCC(C(=O)O)=C2)[C@H](O)[C@@H]1O. The maximum Gasteiger partial charge on any atom is 0.333 e. The normalized spacial score (nSPS) is 28.9. The fourth-order valence-electron chi connectivity index (χ4n) is 2.34. The molecule has 1 saturated heterocycles. The van der Waals surface area contributed by atoms with E-state index in [1.165, 1.54) is 17.3 Å². The van der Waals surface area contributed by atoms with Crippen LogP contribution < -0.4 is 0 Å². The molecular formula is C15H17NO9. The summed E-state index contributed by atoms with van der Waals surface area (Å²) in [4.78, 5) is 34.0. The number of hydrogen-bond acceptors (Lipinski definition) is 8. The van der Waals surface area contributed by atoms with Gasteiger partial charge in [-0.25, -0.2) is 14.4 Å². The van der Waals surface area contributed by atoms with Gasteiger partial charge in [0.05, 0.1) is 5.57 Å². The van der Waals surface area contributed by atoms with Crippen LogP contribution in [0.5, 0.6) is 0 Å². The highest BCUT2D eigenvalue weighted by Gasteiger charge is 2.45. The van der Waals surface area contributed by atoms with E-state index < -0.39 is 49.1 Å². The Morgan fingerprint density at radius 3 is 2.60 bits per heavy atom. The number of carbonyl (C=O) groups is 3. The molecule has 136 valence electrons. The molecule has 0 aromatic heterocycles. The molecule has 0 aromatic rings. The molecule has 0 radical (unpaired) electrons. The molecule has 2 rings (SSSR count). The molecule has 0 aliphatic carbocycles. The Morgan fingerprint density at radius 1 is 1.24 bits per heavy atom. The molecular weight excluding hydrogens is 338 g/mol. The topological polar surface area (TPSA) is 154 Å². The van der Waals surface area contributed by atoms with Gasteiger partial charge in [0.1, 0.15) is 24.9 Å². The van der Waals surface area contributed by atoms with Crippen LogP contribution in [0.2, 0.25) is 0 Å². The number of esters is 1. The molecule has 25 heavy (non-hydrogen) atoms. The Hall–Kier alpha value is -2.69. The van der Waals surface area contributed by atoms with Gasteiger partial charge in [0.25, 0.3) is 0 Å². The van der Waals surface area contributed by atoms with E-state index in [4.69, 9.17) is 19.7 Å². The minimum atomic E-state index is -1.38. The van der Waals surface area contributed by atoms with E-state index in [9.17, 15) is 24.6 Å². The van der Waals surface area contributed by atoms with Crippen molar-refractivity contribution in [3.8, 4) is 0 Å². The summed E-state index contributed by atoms with van der Waals surface area (Å²) in [5, 5.41) is 37.5. The van der Waals surface area contributed by atoms with Crippen molar-refractivity contribution in [1.82, 2.24) is 4.90 Å². The van der Waals surface area contributed by atoms with Crippen LogP contribution in [0.25, 0.3) is 0 Å². The van der Waals surface area contributed by atoms with Gasteiger partial charge in [0.2, 0.25) is 0 Å². The van der Waals surface area contributed by atoms with E-state index in [0.29, 0.717) is 12.2 Å². The predicted molar refractivity (Wildman–Crippen MR) is 79.7 cm³/mol. The maximum atomic E-state index is 11.3. The summed E-state index contributed by atoms with van der Waals surface area (Å²) in [5.41, 5.74) is 0.0847. The minimum Gasteiger partial charge on any atom is -0.478 e. The molecule has 0 spiro atoms. The van der Waals surface area contributed by atoms with Gasteiger partial charge < -0.3 is 34.8 Å². The zero-order chi connectivity index (χ0) is 18.6. The lowest BCUT2D eigenvalue weighted by atomic mass is 10.1. The highest BCUT2D eigenvalue weighted by atomic mass is 16.6. The van der Waals surface area contributed by atoms with Gasteiger partial charge >= 0.3 is 17.9 Å². The fourth-order valence-corrected chi connectivity index (χ4v) is 2.34. The second-order valence-corrected chi connectivity index (χ2v) is 5.34. The zero-order valence-corrected chi connectivity index (χ0v) is 12.9. The molecule has 0 amide bonds. The van der Waals surface area contributed by atoms with Crippen LogP contribution in [0.4, 0.5) is 0 Å². The fraction of sp³-hybridized carbons (Fsp3) is 0.400. The number of carboxylic acids is 2. The first kappa shape index (κ1) is 18.6. The average molecular weight is 355 g/mol. The quantitative estimate of drug-likeness (QED) is 0.337. The number of allylic oxidation sites excluding steroid dienone is 1. The lowest BCUT2D eigenvalue weighted by Crippen LogP contribution is -2.40. The van der Waals surface area contributed by atoms with Gasteiger partial charge in [-0.2, -0.15) is 0 Å². The summed E-state index contributed by atoms with van der Waals surface area (Å²) >= 11 is 0. The number of aliphatic hydroxyl groups excluding tert-OH is 2. The van der Waals surface area contributed by atoms with E-state index in [1.807, 2.05) is 0 Å². The van der Waals surface area contributed by atoms with Gasteiger partial charge in [-0.1, -0.05) is 6.08 Å². The van der Waals surface area contributed by atoms with E-state index in [0.717, 1.165) is 0 Å². The first-order valence-electron chi connectivity index (χ1n) is 7.27. The first-order chi connectivity index (χ1) is 11.8. The number of aliphatic carboxylic acids is 2. The third kappa shape index (κ3) is 4.66. The number of hydrogen-bond donors (Lipinski definition) is 4. The summed E-state index contributed by atoms with van der Waals surface area (Å²) < 4.78 is 10.2. The Morgan fingerprint density at radius 2 is 1.96 bits per heavy atom. The van der Waals surface area contributed by atoms with E-state index in [2.05, 4.69) is 0 Å². The Labute approximate surface area is 141 Å². The molecule has 10 heteroatoms. The van der Waals surface area contributed by atoms with Crippen LogP contribution >= 0.6 is 0 Å². The number of ether oxygens (including phenoxy) is 2. The second-order valence-electron chi connectivity index (χ2n) is 5.34. The lowest BCUT2D eigenvalue weighted by molar-refractivity contribution is -0.145. The standard InChI is InChI=1S/C15H17NO9/c17-10(18)3-4-11(19)24-7-9-12(20)13(21)14(25-9)16-5-1-2-8(6-16)15(22)23/h1,3-6,9,12-14,20-21H,2,7H2,(H,17,18)(H,22,23)/b4-3+/t9-,12-,13-,14-/m1/s1. The third-order valence-corrected chi connectivity index (χ3v) is 3.58. The van der Waals surface area contributed by atoms with E-state index >= 15 is 0 Å². The van der Waals surface area contributed by atoms with Crippen LogP contribution in [0.3, 0.4) is 0 Å². The first-order valence-corrected chi connectivity index (χ1v) is 7.27. The number of carboxylic acid groups (broad SMARTS) is 2. The maximum absolute atomic E-state index is 11.3. The molecule has 4 N–H and O–H groups in total. The number of carbonyl (C=O) groups excluding carboxylic acids is 1. The minimum absolute atomic E-state index is 0.0847. The molecule has 0 aromatic carbocycles. The van der Waals surface area contributed by atoms with Crippen molar-refractivity contribution in [2.24, 2.45) is 0 Å².